The van der Waals surface area contributed by atoms with E-state index in [-0.39, 0.29) is 16.3 Å². The molecular weight excluding hydrogens is 510 g/mol. The number of ether oxygens (including phenoxy) is 4. The summed E-state index contributed by atoms with van der Waals surface area (Å²) in [7, 11) is 1.76. The summed E-state index contributed by atoms with van der Waals surface area (Å²) in [6.45, 7) is 2.99. The van der Waals surface area contributed by atoms with Crippen LogP contribution in [0.25, 0.3) is 0 Å². The lowest BCUT2D eigenvalue weighted by atomic mass is 10.1. The molecule has 0 bridgehead atoms. The first kappa shape index (κ1) is 28.3. The topological polar surface area (TPSA) is 116 Å². The summed E-state index contributed by atoms with van der Waals surface area (Å²) in [6, 6.07) is 16.3. The largest absolute Gasteiger partial charge is 0.497 e. The SMILES string of the molecule is COc1ccc(OC)c(N(CC(=O)N/N=C(/C)c2ccc(OC)c(OC)c2)S(=O)(=O)c2ccc(C)cc2)c1. The first-order valence-electron chi connectivity index (χ1n) is 11.5. The lowest BCUT2D eigenvalue weighted by Gasteiger charge is -2.25. The molecule has 0 saturated carbocycles. The molecule has 3 aromatic rings. The smallest absolute Gasteiger partial charge is 0.264 e. The van der Waals surface area contributed by atoms with Crippen LogP contribution in [0.3, 0.4) is 0 Å². The summed E-state index contributed by atoms with van der Waals surface area (Å²) in [6.07, 6.45) is 0. The molecule has 3 aromatic carbocycles. The summed E-state index contributed by atoms with van der Waals surface area (Å²) in [5.74, 6) is 1.04. The van der Waals surface area contributed by atoms with Crippen LogP contribution in [0.5, 0.6) is 23.0 Å². The second-order valence-electron chi connectivity index (χ2n) is 8.16. The van der Waals surface area contributed by atoms with Crippen molar-refractivity contribution in [2.24, 2.45) is 5.10 Å². The lowest BCUT2D eigenvalue weighted by molar-refractivity contribution is -0.119. The van der Waals surface area contributed by atoms with Crippen molar-refractivity contribution in [1.29, 1.82) is 0 Å². The number of hydrazone groups is 1. The van der Waals surface area contributed by atoms with Crippen molar-refractivity contribution in [3.63, 3.8) is 0 Å². The molecule has 11 heteroatoms. The predicted octanol–water partition coefficient (Wildman–Crippen LogP) is 3.77. The Morgan fingerprint density at radius 2 is 1.47 bits per heavy atom. The molecule has 0 atom stereocenters. The van der Waals surface area contributed by atoms with E-state index in [9.17, 15) is 13.2 Å². The summed E-state index contributed by atoms with van der Waals surface area (Å²) >= 11 is 0. The molecule has 0 fully saturated rings. The summed E-state index contributed by atoms with van der Waals surface area (Å²) in [5, 5.41) is 4.16. The van der Waals surface area contributed by atoms with Crippen molar-refractivity contribution < 1.29 is 32.2 Å². The molecule has 0 unspecified atom stereocenters. The predicted molar refractivity (Wildman–Crippen MR) is 145 cm³/mol. The number of benzene rings is 3. The number of rotatable bonds is 11. The molecule has 0 aliphatic rings. The zero-order chi connectivity index (χ0) is 27.9. The number of carbonyl (C=O) groups is 1. The van der Waals surface area contributed by atoms with Gasteiger partial charge in [0.15, 0.2) is 11.5 Å². The molecule has 0 aliphatic carbocycles. The highest BCUT2D eigenvalue weighted by molar-refractivity contribution is 7.92. The van der Waals surface area contributed by atoms with Gasteiger partial charge in [-0.25, -0.2) is 13.8 Å². The molecule has 0 heterocycles. The van der Waals surface area contributed by atoms with E-state index in [0.29, 0.717) is 28.5 Å². The number of aryl methyl sites for hydroxylation is 1. The third-order valence-corrected chi connectivity index (χ3v) is 7.47. The van der Waals surface area contributed by atoms with Gasteiger partial charge < -0.3 is 18.9 Å². The van der Waals surface area contributed by atoms with E-state index >= 15 is 0 Å². The summed E-state index contributed by atoms with van der Waals surface area (Å²) in [5.41, 5.74) is 4.64. The number of hydrogen-bond donors (Lipinski definition) is 1. The van der Waals surface area contributed by atoms with Gasteiger partial charge in [0.2, 0.25) is 0 Å². The summed E-state index contributed by atoms with van der Waals surface area (Å²) < 4.78 is 49.7. The van der Waals surface area contributed by atoms with E-state index in [1.165, 1.54) is 46.6 Å². The van der Waals surface area contributed by atoms with Crippen LogP contribution in [-0.4, -0.2) is 55.0 Å². The van der Waals surface area contributed by atoms with Gasteiger partial charge >= 0.3 is 0 Å². The number of nitrogens with zero attached hydrogens (tertiary/aromatic N) is 2. The standard InChI is InChI=1S/C27H31N3O7S/c1-18-7-11-22(12-8-18)38(32,33)30(23-16-21(34-3)10-14-24(23)35-4)17-27(31)29-28-19(2)20-9-13-25(36-5)26(15-20)37-6/h7-16H,17H2,1-6H3,(H,29,31)/b28-19-. The minimum Gasteiger partial charge on any atom is -0.497 e. The fraction of sp³-hybridized carbons (Fsp3) is 0.259. The Kier molecular flexibility index (Phi) is 9.19. The van der Waals surface area contributed by atoms with Crippen LogP contribution in [-0.2, 0) is 14.8 Å². The molecule has 0 radical (unpaired) electrons. The van der Waals surface area contributed by atoms with Crippen LogP contribution in [0.2, 0.25) is 0 Å². The van der Waals surface area contributed by atoms with Crippen molar-refractivity contribution >= 4 is 27.3 Å². The second-order valence-corrected chi connectivity index (χ2v) is 10.0. The zero-order valence-electron chi connectivity index (χ0n) is 22.1. The normalized spacial score (nSPS) is 11.5. The highest BCUT2D eigenvalue weighted by Crippen LogP contribution is 2.35. The van der Waals surface area contributed by atoms with Gasteiger partial charge in [-0.1, -0.05) is 17.7 Å². The Balaban J connectivity index is 1.96. The highest BCUT2D eigenvalue weighted by atomic mass is 32.2. The van der Waals surface area contributed by atoms with Crippen LogP contribution in [0, 0.1) is 6.92 Å². The molecule has 0 saturated heterocycles. The maximum absolute atomic E-state index is 13.7. The van der Waals surface area contributed by atoms with Crippen molar-refractivity contribution in [3.05, 3.63) is 71.8 Å². The number of methoxy groups -OCH3 is 4. The molecule has 10 nitrogen and oxygen atoms in total. The van der Waals surface area contributed by atoms with Gasteiger partial charge in [0, 0.05) is 11.6 Å². The Morgan fingerprint density at radius 3 is 2.08 bits per heavy atom. The fourth-order valence-corrected chi connectivity index (χ4v) is 4.99. The Labute approximate surface area is 222 Å². The number of amides is 1. The van der Waals surface area contributed by atoms with E-state index in [1.807, 2.05) is 6.92 Å². The minimum atomic E-state index is -4.17. The molecule has 202 valence electrons. The average Bonchev–Trinajstić information content (AvgIpc) is 2.93. The van der Waals surface area contributed by atoms with Gasteiger partial charge in [-0.05, 0) is 56.3 Å². The van der Waals surface area contributed by atoms with Crippen molar-refractivity contribution in [3.8, 4) is 23.0 Å². The Morgan fingerprint density at radius 1 is 0.842 bits per heavy atom. The number of carbonyl (C=O) groups excluding carboxylic acids is 1. The minimum absolute atomic E-state index is 0.0192. The van der Waals surface area contributed by atoms with Crippen molar-refractivity contribution in [2.75, 3.05) is 39.3 Å². The fourth-order valence-electron chi connectivity index (χ4n) is 3.57. The Hall–Kier alpha value is -4.25. The number of anilines is 1. The maximum Gasteiger partial charge on any atom is 0.264 e. The number of sulfonamides is 1. The summed E-state index contributed by atoms with van der Waals surface area (Å²) in [4.78, 5) is 13.1. The molecular formula is C27H31N3O7S. The number of hydrogen-bond acceptors (Lipinski definition) is 8. The maximum atomic E-state index is 13.7. The van der Waals surface area contributed by atoms with E-state index in [2.05, 4.69) is 10.5 Å². The molecule has 3 rings (SSSR count). The molecule has 1 amide bonds. The van der Waals surface area contributed by atoms with Crippen molar-refractivity contribution in [1.82, 2.24) is 5.43 Å². The average molecular weight is 542 g/mol. The van der Waals surface area contributed by atoms with Gasteiger partial charge in [0.25, 0.3) is 15.9 Å². The van der Waals surface area contributed by atoms with Crippen molar-refractivity contribution in [2.45, 2.75) is 18.7 Å². The quantitative estimate of drug-likeness (QED) is 0.290. The molecule has 1 N–H and O–H groups in total. The van der Waals surface area contributed by atoms with Crippen LogP contribution in [0.1, 0.15) is 18.1 Å². The molecule has 38 heavy (non-hydrogen) atoms. The zero-order valence-corrected chi connectivity index (χ0v) is 23.0. The van der Waals surface area contributed by atoms with Gasteiger partial charge in [0.05, 0.1) is 44.7 Å². The van der Waals surface area contributed by atoms with Gasteiger partial charge in [-0.3, -0.25) is 9.10 Å². The lowest BCUT2D eigenvalue weighted by Crippen LogP contribution is -2.40. The third kappa shape index (κ3) is 6.35. The van der Waals surface area contributed by atoms with Gasteiger partial charge in [-0.15, -0.1) is 0 Å². The highest BCUT2D eigenvalue weighted by Gasteiger charge is 2.30. The third-order valence-electron chi connectivity index (χ3n) is 5.70. The molecule has 0 aromatic heterocycles. The van der Waals surface area contributed by atoms with Crippen LogP contribution in [0.15, 0.2) is 70.7 Å². The van der Waals surface area contributed by atoms with Crippen LogP contribution in [0.4, 0.5) is 5.69 Å². The monoisotopic (exact) mass is 541 g/mol. The second kappa shape index (κ2) is 12.3. The molecule has 0 spiro atoms. The van der Waals surface area contributed by atoms with E-state index in [1.54, 1.807) is 49.4 Å². The van der Waals surface area contributed by atoms with E-state index in [0.717, 1.165) is 9.87 Å². The van der Waals surface area contributed by atoms with E-state index < -0.39 is 22.5 Å². The first-order chi connectivity index (χ1) is 18.1. The van der Waals surface area contributed by atoms with Gasteiger partial charge in [0.1, 0.15) is 18.0 Å². The first-order valence-corrected chi connectivity index (χ1v) is 13.0. The number of nitrogens with one attached hydrogen (secondary N) is 1. The van der Waals surface area contributed by atoms with Crippen LogP contribution < -0.4 is 28.7 Å². The molecule has 0 aliphatic heterocycles. The van der Waals surface area contributed by atoms with Gasteiger partial charge in [-0.2, -0.15) is 5.10 Å². The van der Waals surface area contributed by atoms with Crippen LogP contribution >= 0.6 is 0 Å². The Bertz CT molecular complexity index is 1420. The van der Waals surface area contributed by atoms with E-state index in [4.69, 9.17) is 18.9 Å².